The fourth-order valence-corrected chi connectivity index (χ4v) is 4.67. The second-order valence-corrected chi connectivity index (χ2v) is 9.57. The quantitative estimate of drug-likeness (QED) is 0.252. The maximum absolute atomic E-state index is 15.1. The predicted octanol–water partition coefficient (Wildman–Crippen LogP) is 2.40. The van der Waals surface area contributed by atoms with Crippen molar-refractivity contribution in [3.8, 4) is 11.3 Å². The Morgan fingerprint density at radius 1 is 1.02 bits per heavy atom. The summed E-state index contributed by atoms with van der Waals surface area (Å²) in [4.78, 5) is 47.7. The Kier molecular flexibility index (Phi) is 7.32. The summed E-state index contributed by atoms with van der Waals surface area (Å²) in [5, 5.41) is 13.3. The van der Waals surface area contributed by atoms with Gasteiger partial charge in [-0.2, -0.15) is 0 Å². The third kappa shape index (κ3) is 5.68. The number of carbonyl (C=O) groups is 2. The van der Waals surface area contributed by atoms with Crippen LogP contribution >= 0.6 is 0 Å². The van der Waals surface area contributed by atoms with Crippen LogP contribution in [0, 0.1) is 5.82 Å². The molecule has 0 bridgehead atoms. The fourth-order valence-electron chi connectivity index (χ4n) is 4.67. The van der Waals surface area contributed by atoms with Crippen molar-refractivity contribution < 1.29 is 23.0 Å². The summed E-state index contributed by atoms with van der Waals surface area (Å²) in [6, 6.07) is 15.1. The second-order valence-electron chi connectivity index (χ2n) is 9.57. The molecule has 6 rings (SSSR count). The molecular formula is C28H25FN8O5. The molecule has 3 N–H and O–H groups in total. The summed E-state index contributed by atoms with van der Waals surface area (Å²) >= 11 is 0. The van der Waals surface area contributed by atoms with Crippen molar-refractivity contribution in [3.05, 3.63) is 88.5 Å². The van der Waals surface area contributed by atoms with Crippen molar-refractivity contribution in [2.75, 3.05) is 42.9 Å². The summed E-state index contributed by atoms with van der Waals surface area (Å²) in [5.41, 5.74) is 1.51. The van der Waals surface area contributed by atoms with Crippen molar-refractivity contribution in [3.63, 3.8) is 0 Å². The highest BCUT2D eigenvalue weighted by Crippen LogP contribution is 2.27. The number of para-hydroxylation sites is 2. The highest BCUT2D eigenvalue weighted by Gasteiger charge is 2.24. The van der Waals surface area contributed by atoms with E-state index in [4.69, 9.17) is 9.05 Å². The van der Waals surface area contributed by atoms with E-state index in [1.54, 1.807) is 53.4 Å². The van der Waals surface area contributed by atoms with E-state index in [2.05, 4.69) is 30.9 Å². The standard InChI is InChI=1S/C28H25FN8O5/c29-19-13-17(22-14-18(42-34-22)15-30-24-7-12-41-35-24)5-6-23(19)36-8-10-37(11-9-36)25(38)16-31-27(39)26-28(40)33-21-4-2-1-3-20(21)32-26/h1-7,12-14H,8-11,15-16H2,(H,30,35)(H,31,39)(H,33,40). The molecule has 4 heterocycles. The van der Waals surface area contributed by atoms with E-state index in [1.807, 2.05) is 4.90 Å². The van der Waals surface area contributed by atoms with Crippen LogP contribution in [0.1, 0.15) is 16.2 Å². The molecule has 1 saturated heterocycles. The second kappa shape index (κ2) is 11.5. The van der Waals surface area contributed by atoms with Crippen molar-refractivity contribution in [1.29, 1.82) is 0 Å². The summed E-state index contributed by atoms with van der Waals surface area (Å²) in [6.07, 6.45) is 1.45. The molecule has 0 unspecified atom stereocenters. The molecule has 0 atom stereocenters. The van der Waals surface area contributed by atoms with E-state index < -0.39 is 17.3 Å². The molecule has 0 spiro atoms. The number of nitrogens with one attached hydrogen (secondary N) is 3. The predicted molar refractivity (Wildman–Crippen MR) is 149 cm³/mol. The lowest BCUT2D eigenvalue weighted by Crippen LogP contribution is -2.51. The van der Waals surface area contributed by atoms with E-state index in [1.165, 1.54) is 12.3 Å². The lowest BCUT2D eigenvalue weighted by Gasteiger charge is -2.36. The topological polar surface area (TPSA) is 162 Å². The zero-order valence-electron chi connectivity index (χ0n) is 22.2. The summed E-state index contributed by atoms with van der Waals surface area (Å²) < 4.78 is 25.2. The third-order valence-corrected chi connectivity index (χ3v) is 6.87. The molecule has 5 aromatic rings. The van der Waals surface area contributed by atoms with Gasteiger partial charge >= 0.3 is 0 Å². The Balaban J connectivity index is 1.01. The van der Waals surface area contributed by atoms with Gasteiger partial charge in [0.05, 0.1) is 29.8 Å². The average molecular weight is 573 g/mol. The number of fused-ring (bicyclic) bond motifs is 1. The van der Waals surface area contributed by atoms with Gasteiger partial charge in [0, 0.05) is 43.9 Å². The van der Waals surface area contributed by atoms with Crippen LogP contribution in [0.15, 0.2) is 74.7 Å². The Hall–Kier alpha value is -5.53. The molecule has 1 aliphatic rings. The van der Waals surface area contributed by atoms with Gasteiger partial charge in [0.15, 0.2) is 17.3 Å². The number of piperazine rings is 1. The zero-order chi connectivity index (χ0) is 29.1. The Bertz CT molecular complexity index is 1790. The summed E-state index contributed by atoms with van der Waals surface area (Å²) in [5.74, 6) is -0.352. The number of hydrogen-bond acceptors (Lipinski definition) is 10. The molecule has 214 valence electrons. The Labute approximate surface area is 237 Å². The van der Waals surface area contributed by atoms with Gasteiger partial charge in [0.25, 0.3) is 11.5 Å². The highest BCUT2D eigenvalue weighted by atomic mass is 19.1. The number of carbonyl (C=O) groups excluding carboxylic acids is 2. The molecule has 0 aliphatic carbocycles. The number of halogens is 1. The summed E-state index contributed by atoms with van der Waals surface area (Å²) in [6.45, 7) is 1.55. The first-order chi connectivity index (χ1) is 20.4. The minimum Gasteiger partial charge on any atom is -0.366 e. The number of H-pyrrole nitrogens is 1. The Morgan fingerprint density at radius 2 is 1.86 bits per heavy atom. The van der Waals surface area contributed by atoms with Crippen LogP contribution in [0.5, 0.6) is 0 Å². The van der Waals surface area contributed by atoms with Gasteiger partial charge in [0.2, 0.25) is 5.91 Å². The maximum Gasteiger partial charge on any atom is 0.280 e. The number of rotatable bonds is 8. The average Bonchev–Trinajstić information content (AvgIpc) is 3.71. The van der Waals surface area contributed by atoms with Crippen LogP contribution in [0.3, 0.4) is 0 Å². The smallest absolute Gasteiger partial charge is 0.280 e. The number of benzene rings is 2. The molecule has 2 amide bonds. The van der Waals surface area contributed by atoms with Gasteiger partial charge in [-0.1, -0.05) is 28.5 Å². The van der Waals surface area contributed by atoms with Crippen LogP contribution in [0.4, 0.5) is 15.9 Å². The third-order valence-electron chi connectivity index (χ3n) is 6.87. The van der Waals surface area contributed by atoms with Crippen LogP contribution in [-0.4, -0.2) is 69.7 Å². The van der Waals surface area contributed by atoms with E-state index in [9.17, 15) is 14.4 Å². The van der Waals surface area contributed by atoms with Gasteiger partial charge in [-0.05, 0) is 24.3 Å². The molecule has 3 aromatic heterocycles. The van der Waals surface area contributed by atoms with E-state index >= 15 is 4.39 Å². The minimum absolute atomic E-state index is 0.288. The number of nitrogens with zero attached hydrogens (tertiary/aromatic N) is 5. The van der Waals surface area contributed by atoms with Gasteiger partial charge in [-0.25, -0.2) is 9.37 Å². The monoisotopic (exact) mass is 572 g/mol. The first-order valence-corrected chi connectivity index (χ1v) is 13.1. The molecule has 13 nitrogen and oxygen atoms in total. The normalized spacial score (nSPS) is 13.4. The van der Waals surface area contributed by atoms with Crippen molar-refractivity contribution in [2.24, 2.45) is 0 Å². The van der Waals surface area contributed by atoms with Crippen LogP contribution < -0.4 is 21.1 Å². The SMILES string of the molecule is O=C(NCC(=O)N1CCN(c2ccc(-c3cc(CNc4ccon4)on3)cc2F)CC1)c1nc2ccccc2[nH]c1=O. The molecular weight excluding hydrogens is 547 g/mol. The van der Waals surface area contributed by atoms with Crippen molar-refractivity contribution in [2.45, 2.75) is 6.54 Å². The number of aromatic amines is 1. The van der Waals surface area contributed by atoms with E-state index in [0.717, 1.165) is 0 Å². The van der Waals surface area contributed by atoms with Crippen LogP contribution in [-0.2, 0) is 11.3 Å². The molecule has 0 radical (unpaired) electrons. The lowest BCUT2D eigenvalue weighted by molar-refractivity contribution is -0.130. The number of aromatic nitrogens is 4. The summed E-state index contributed by atoms with van der Waals surface area (Å²) in [7, 11) is 0. The minimum atomic E-state index is -0.735. The fraction of sp³-hybridized carbons (Fsp3) is 0.214. The molecule has 42 heavy (non-hydrogen) atoms. The van der Waals surface area contributed by atoms with Gasteiger partial charge in [-0.15, -0.1) is 0 Å². The highest BCUT2D eigenvalue weighted by molar-refractivity contribution is 5.96. The van der Waals surface area contributed by atoms with E-state index in [-0.39, 0.29) is 18.1 Å². The molecule has 0 saturated carbocycles. The number of anilines is 2. The van der Waals surface area contributed by atoms with Crippen molar-refractivity contribution in [1.82, 2.24) is 30.5 Å². The maximum atomic E-state index is 15.1. The largest absolute Gasteiger partial charge is 0.366 e. The first-order valence-electron chi connectivity index (χ1n) is 13.1. The Morgan fingerprint density at radius 3 is 2.64 bits per heavy atom. The van der Waals surface area contributed by atoms with Gasteiger partial charge < -0.3 is 34.5 Å². The molecule has 1 aliphatic heterocycles. The zero-order valence-corrected chi connectivity index (χ0v) is 22.2. The first kappa shape index (κ1) is 26.7. The number of hydrogen-bond donors (Lipinski definition) is 3. The molecule has 2 aromatic carbocycles. The van der Waals surface area contributed by atoms with Gasteiger partial charge in [0.1, 0.15) is 17.8 Å². The van der Waals surface area contributed by atoms with E-state index in [0.29, 0.717) is 72.3 Å². The van der Waals surface area contributed by atoms with Crippen molar-refractivity contribution >= 4 is 34.4 Å². The molecule has 14 heteroatoms. The lowest BCUT2D eigenvalue weighted by atomic mass is 10.1. The molecule has 1 fully saturated rings. The van der Waals surface area contributed by atoms with Crippen LogP contribution in [0.25, 0.3) is 22.3 Å². The van der Waals surface area contributed by atoms with Crippen LogP contribution in [0.2, 0.25) is 0 Å². The van der Waals surface area contributed by atoms with Gasteiger partial charge in [-0.3, -0.25) is 14.4 Å². The number of amides is 2.